The number of thiophene rings is 2. The second-order valence-electron chi connectivity index (χ2n) is 17.0. The fourth-order valence-corrected chi connectivity index (χ4v) is 13.7. The molecule has 0 amide bonds. The van der Waals surface area contributed by atoms with Crippen molar-refractivity contribution in [3.8, 4) is 23.7 Å². The van der Waals surface area contributed by atoms with Crippen molar-refractivity contribution in [3.63, 3.8) is 0 Å². The molecule has 4 aromatic carbocycles. The van der Waals surface area contributed by atoms with Crippen molar-refractivity contribution in [2.75, 3.05) is 11.5 Å². The first-order valence-electron chi connectivity index (χ1n) is 21.6. The summed E-state index contributed by atoms with van der Waals surface area (Å²) in [4.78, 5) is 25.3. The first-order chi connectivity index (χ1) is 32.3. The van der Waals surface area contributed by atoms with Gasteiger partial charge in [0.25, 0.3) is 0 Å². The number of sulfone groups is 2. The quantitative estimate of drug-likeness (QED) is 0.115. The van der Waals surface area contributed by atoms with Crippen LogP contribution in [0.3, 0.4) is 0 Å². The number of nitrogens with zero attached hydrogens (tertiary/aromatic N) is 2. The number of carboxylic acid groups (broad SMARTS) is 2. The van der Waals surface area contributed by atoms with Gasteiger partial charge in [0.05, 0.1) is 33.1 Å². The third-order valence-corrected chi connectivity index (χ3v) is 18.4. The van der Waals surface area contributed by atoms with Crippen LogP contribution in [0.4, 0.5) is 0 Å². The number of rotatable bonds is 12. The summed E-state index contributed by atoms with van der Waals surface area (Å²) in [6.45, 7) is 7.95. The van der Waals surface area contributed by atoms with Gasteiger partial charge >= 0.3 is 11.9 Å². The summed E-state index contributed by atoms with van der Waals surface area (Å²) in [5.41, 5.74) is 9.73. The largest absolute Gasteiger partial charge is 0.481 e. The van der Waals surface area contributed by atoms with Crippen molar-refractivity contribution >= 4 is 76.1 Å². The second kappa shape index (κ2) is 20.7. The lowest BCUT2D eigenvalue weighted by Crippen LogP contribution is -2.25. The van der Waals surface area contributed by atoms with Gasteiger partial charge in [-0.2, -0.15) is 0 Å². The van der Waals surface area contributed by atoms with Crippen LogP contribution in [0.25, 0.3) is 21.8 Å². The zero-order valence-corrected chi connectivity index (χ0v) is 41.7. The smallest absolute Gasteiger partial charge is 0.307 e. The molecule has 0 saturated heterocycles. The van der Waals surface area contributed by atoms with E-state index in [-0.39, 0.29) is 21.3 Å². The van der Waals surface area contributed by atoms with Gasteiger partial charge in [0.15, 0.2) is 19.7 Å². The van der Waals surface area contributed by atoms with Crippen LogP contribution in [0.2, 0.25) is 0 Å². The molecular weight excluding hydrogens is 933 g/mol. The summed E-state index contributed by atoms with van der Waals surface area (Å²) < 4.78 is 56.5. The number of carbonyl (C=O) groups is 2. The number of aliphatic carboxylic acids is 2. The lowest BCUT2D eigenvalue weighted by atomic mass is 9.98. The van der Waals surface area contributed by atoms with Crippen LogP contribution >= 0.6 is 22.7 Å². The van der Waals surface area contributed by atoms with Crippen LogP contribution in [0.5, 0.6) is 0 Å². The van der Waals surface area contributed by atoms with E-state index < -0.39 is 55.0 Å². The molecule has 0 spiro atoms. The Bertz CT molecular complexity index is 3300. The average molecular weight is 983 g/mol. The molecule has 0 unspecified atom stereocenters. The van der Waals surface area contributed by atoms with Gasteiger partial charge in [0, 0.05) is 59.4 Å². The van der Waals surface area contributed by atoms with Crippen molar-refractivity contribution in [1.29, 1.82) is 0 Å². The lowest BCUT2D eigenvalue weighted by Gasteiger charge is -2.12. The number of hydrogen-bond acceptors (Lipinski definition) is 8. The minimum atomic E-state index is -3.79. The normalized spacial score (nSPS) is 12.3. The maximum atomic E-state index is 13.1. The van der Waals surface area contributed by atoms with E-state index >= 15 is 0 Å². The van der Waals surface area contributed by atoms with Gasteiger partial charge in [-0.1, -0.05) is 83.3 Å². The maximum absolute atomic E-state index is 13.1. The highest BCUT2D eigenvalue weighted by atomic mass is 32.2. The van der Waals surface area contributed by atoms with Crippen molar-refractivity contribution in [1.82, 2.24) is 9.13 Å². The minimum Gasteiger partial charge on any atom is -0.481 e. The Kier molecular flexibility index (Phi) is 15.0. The Balaban J connectivity index is 0.000000201. The van der Waals surface area contributed by atoms with Crippen molar-refractivity contribution in [2.45, 2.75) is 49.0 Å². The molecule has 0 aliphatic rings. The van der Waals surface area contributed by atoms with Gasteiger partial charge in [-0.05, 0) is 123 Å². The molecule has 0 aliphatic heterocycles. The Hall–Kier alpha value is -6.68. The predicted octanol–water partition coefficient (Wildman–Crippen LogP) is 9.95. The average Bonchev–Trinajstić information content (AvgIpc) is 4.10. The highest BCUT2D eigenvalue weighted by Gasteiger charge is 2.31. The fraction of sp³-hybridized carbons (Fsp3) is 0.222. The Morgan fingerprint density at radius 1 is 0.529 bits per heavy atom. The molecule has 348 valence electrons. The predicted molar refractivity (Wildman–Crippen MR) is 272 cm³/mol. The number of carboxylic acids is 2. The molecule has 0 aliphatic carbocycles. The Morgan fingerprint density at radius 3 is 1.25 bits per heavy atom. The molecule has 4 aromatic heterocycles. The van der Waals surface area contributed by atoms with Crippen LogP contribution in [0.15, 0.2) is 130 Å². The van der Waals surface area contributed by atoms with E-state index in [0.717, 1.165) is 89.0 Å². The van der Waals surface area contributed by atoms with Gasteiger partial charge in [-0.3, -0.25) is 9.59 Å². The number of hydrogen-bond donors (Lipinski definition) is 2. The van der Waals surface area contributed by atoms with Crippen molar-refractivity contribution in [2.24, 2.45) is 25.9 Å². The molecule has 68 heavy (non-hydrogen) atoms. The zero-order chi connectivity index (χ0) is 48.9. The van der Waals surface area contributed by atoms with Crippen molar-refractivity contribution < 1.29 is 36.6 Å². The zero-order valence-electron chi connectivity index (χ0n) is 38.4. The molecule has 4 heterocycles. The van der Waals surface area contributed by atoms with Crippen LogP contribution in [0.1, 0.15) is 54.3 Å². The molecular formula is C54H50N2O8S4. The number of aromatic nitrogens is 2. The summed E-state index contributed by atoms with van der Waals surface area (Å²) in [7, 11) is -3.76. The van der Waals surface area contributed by atoms with Crippen LogP contribution in [0, 0.1) is 63.2 Å². The topological polar surface area (TPSA) is 153 Å². The summed E-state index contributed by atoms with van der Waals surface area (Å²) in [6.07, 6.45) is 4.07. The monoisotopic (exact) mass is 982 g/mol. The SMILES string of the molecule is Cc1ccc(C#Cc2ccc(S(=O)(=O)C[C@@H](Cc3cn(C)c4cccc(C)c34)C(=O)O)s2)cc1.Cc1ccc(C#Cc2ccc(S(=O)(=O)C[C@H](Cc3cn(C)c4cccc(C)c34)C(=O)O)s2)cc1. The molecule has 10 nitrogen and oxygen atoms in total. The first-order valence-corrected chi connectivity index (χ1v) is 26.6. The minimum absolute atomic E-state index is 0.140. The highest BCUT2D eigenvalue weighted by Crippen LogP contribution is 2.31. The molecule has 8 rings (SSSR count). The lowest BCUT2D eigenvalue weighted by molar-refractivity contribution is -0.141. The Labute approximate surface area is 405 Å². The van der Waals surface area contributed by atoms with E-state index in [0.29, 0.717) is 9.75 Å². The highest BCUT2D eigenvalue weighted by molar-refractivity contribution is 7.93. The van der Waals surface area contributed by atoms with Gasteiger partial charge in [-0.15, -0.1) is 22.7 Å². The molecule has 2 atom stereocenters. The molecule has 8 aromatic rings. The van der Waals surface area contributed by atoms with E-state index in [1.54, 1.807) is 12.1 Å². The standard InChI is InChI=1S/2C27H25NO4S2/c2*1-18-7-9-20(10-8-18)11-12-23-13-14-25(33-23)34(31,32)17-22(27(29)30)15-21-16-28(3)24-6-4-5-19(2)26(21)24/h2*4-10,13-14,16,22H,15,17H2,1-3H3,(H,29,30)/t2*22-/m10/s1. The number of benzene rings is 4. The van der Waals surface area contributed by atoms with Crippen LogP contribution < -0.4 is 0 Å². The second-order valence-corrected chi connectivity index (χ2v) is 23.7. The molecule has 0 saturated carbocycles. The van der Waals surface area contributed by atoms with Crippen LogP contribution in [-0.4, -0.2) is 59.6 Å². The van der Waals surface area contributed by atoms with Gasteiger partial charge in [0.2, 0.25) is 0 Å². The van der Waals surface area contributed by atoms with E-state index in [2.05, 4.69) is 23.7 Å². The molecule has 2 N–H and O–H groups in total. The molecule has 0 bridgehead atoms. The molecule has 0 fully saturated rings. The summed E-state index contributed by atoms with van der Waals surface area (Å²) in [6, 6.07) is 33.7. The van der Waals surface area contributed by atoms with E-state index in [9.17, 15) is 36.6 Å². The van der Waals surface area contributed by atoms with E-state index in [4.69, 9.17) is 0 Å². The summed E-state index contributed by atoms with van der Waals surface area (Å²) >= 11 is 2.15. The third kappa shape index (κ3) is 11.7. The maximum Gasteiger partial charge on any atom is 0.307 e. The van der Waals surface area contributed by atoms with E-state index in [1.165, 1.54) is 12.1 Å². The summed E-state index contributed by atoms with van der Waals surface area (Å²) in [5.74, 6) is 6.81. The van der Waals surface area contributed by atoms with Crippen LogP contribution in [-0.2, 0) is 56.2 Å². The fourth-order valence-electron chi connectivity index (χ4n) is 8.08. The molecule has 0 radical (unpaired) electrons. The van der Waals surface area contributed by atoms with Gasteiger partial charge in [-0.25, -0.2) is 16.8 Å². The van der Waals surface area contributed by atoms with Gasteiger partial charge in [0.1, 0.15) is 8.42 Å². The van der Waals surface area contributed by atoms with E-state index in [1.807, 2.05) is 148 Å². The van der Waals surface area contributed by atoms with Crippen molar-refractivity contribution in [3.05, 3.63) is 176 Å². The Morgan fingerprint density at radius 2 is 0.897 bits per heavy atom. The third-order valence-electron chi connectivity index (χ3n) is 11.6. The molecule has 14 heteroatoms. The van der Waals surface area contributed by atoms with Gasteiger partial charge < -0.3 is 19.3 Å². The number of fused-ring (bicyclic) bond motifs is 2. The first kappa shape index (κ1) is 49.2. The summed E-state index contributed by atoms with van der Waals surface area (Å²) in [5, 5.41) is 21.6. The number of aryl methyl sites for hydroxylation is 6.